The normalized spacial score (nSPS) is 15.1. The van der Waals surface area contributed by atoms with Crippen LogP contribution in [-0.4, -0.2) is 44.3 Å². The van der Waals surface area contributed by atoms with Crippen molar-refractivity contribution in [1.82, 2.24) is 0 Å². The molecule has 0 spiro atoms. The van der Waals surface area contributed by atoms with E-state index in [0.29, 0.717) is 25.7 Å². The van der Waals surface area contributed by atoms with E-state index in [9.17, 15) is 0 Å². The van der Waals surface area contributed by atoms with Gasteiger partial charge in [-0.3, -0.25) is 0 Å². The maximum atomic E-state index is 6.54. The van der Waals surface area contributed by atoms with Crippen molar-refractivity contribution in [1.29, 1.82) is 0 Å². The Morgan fingerprint density at radius 1 is 0.452 bits per heavy atom. The third kappa shape index (κ3) is 22.3. The van der Waals surface area contributed by atoms with Crippen LogP contribution in [0.1, 0.15) is 190 Å². The smallest absolute Gasteiger partial charge is 0.282 e. The highest BCUT2D eigenvalue weighted by Crippen LogP contribution is 2.29. The van der Waals surface area contributed by atoms with Crippen LogP contribution < -0.4 is 0 Å². The van der Waals surface area contributed by atoms with Gasteiger partial charge in [-0.2, -0.15) is 0 Å². The Morgan fingerprint density at radius 3 is 1.24 bits per heavy atom. The SMILES string of the molecule is CCCCCCCCCC(CCCCCC(OCCCC)(OCCCC)OCCCC)C(OC(C)CC)OC(C)CC. The van der Waals surface area contributed by atoms with Crippen LogP contribution in [0.5, 0.6) is 0 Å². The lowest BCUT2D eigenvalue weighted by atomic mass is 9.93. The lowest BCUT2D eigenvalue weighted by molar-refractivity contribution is -0.384. The van der Waals surface area contributed by atoms with Gasteiger partial charge in [0, 0.05) is 12.3 Å². The van der Waals surface area contributed by atoms with Gasteiger partial charge in [-0.1, -0.05) is 119 Å². The van der Waals surface area contributed by atoms with Crippen molar-refractivity contribution in [2.45, 2.75) is 215 Å². The summed E-state index contributed by atoms with van der Waals surface area (Å²) in [6.07, 6.45) is 24.6. The molecular formula is C37H76O5. The van der Waals surface area contributed by atoms with E-state index in [2.05, 4.69) is 55.4 Å². The van der Waals surface area contributed by atoms with Gasteiger partial charge in [-0.05, 0) is 65.2 Å². The fourth-order valence-corrected chi connectivity index (χ4v) is 5.07. The highest BCUT2D eigenvalue weighted by molar-refractivity contribution is 4.69. The molecule has 0 amide bonds. The summed E-state index contributed by atoms with van der Waals surface area (Å²) in [6.45, 7) is 19.8. The largest absolute Gasteiger partial charge is 0.349 e. The summed E-state index contributed by atoms with van der Waals surface area (Å²) in [4.78, 5) is 0. The summed E-state index contributed by atoms with van der Waals surface area (Å²) in [5.41, 5.74) is 0. The number of ether oxygens (including phenoxy) is 5. The summed E-state index contributed by atoms with van der Waals surface area (Å²) < 4.78 is 32.1. The molecule has 0 aliphatic rings. The van der Waals surface area contributed by atoms with Gasteiger partial charge in [0.2, 0.25) is 0 Å². The molecule has 0 aromatic carbocycles. The van der Waals surface area contributed by atoms with Crippen LogP contribution >= 0.6 is 0 Å². The van der Waals surface area contributed by atoms with Gasteiger partial charge in [0.1, 0.15) is 0 Å². The lowest BCUT2D eigenvalue weighted by Gasteiger charge is -2.34. The number of hydrogen-bond donors (Lipinski definition) is 0. The van der Waals surface area contributed by atoms with E-state index in [-0.39, 0.29) is 18.5 Å². The fraction of sp³-hybridized carbons (Fsp3) is 1.00. The Balaban J connectivity index is 5.25. The Morgan fingerprint density at radius 2 is 0.833 bits per heavy atom. The molecule has 3 unspecified atom stereocenters. The van der Waals surface area contributed by atoms with E-state index in [1.807, 2.05) is 0 Å². The summed E-state index contributed by atoms with van der Waals surface area (Å²) in [5, 5.41) is 0. The quantitative estimate of drug-likeness (QED) is 0.0554. The second-order valence-corrected chi connectivity index (χ2v) is 12.6. The van der Waals surface area contributed by atoms with Gasteiger partial charge in [-0.15, -0.1) is 0 Å². The topological polar surface area (TPSA) is 46.2 Å². The second-order valence-electron chi connectivity index (χ2n) is 12.6. The van der Waals surface area contributed by atoms with Crippen molar-refractivity contribution in [3.63, 3.8) is 0 Å². The predicted molar refractivity (Wildman–Crippen MR) is 180 cm³/mol. The van der Waals surface area contributed by atoms with Crippen molar-refractivity contribution in [2.24, 2.45) is 5.92 Å². The van der Waals surface area contributed by atoms with E-state index in [4.69, 9.17) is 23.7 Å². The molecule has 0 N–H and O–H groups in total. The molecule has 5 heteroatoms. The summed E-state index contributed by atoms with van der Waals surface area (Å²) in [6, 6.07) is 0. The minimum atomic E-state index is -0.890. The van der Waals surface area contributed by atoms with Gasteiger partial charge in [0.05, 0.1) is 32.0 Å². The highest BCUT2D eigenvalue weighted by atomic mass is 16.9. The Kier molecular flexibility index (Phi) is 29.4. The molecule has 42 heavy (non-hydrogen) atoms. The maximum absolute atomic E-state index is 6.54. The van der Waals surface area contributed by atoms with Gasteiger partial charge < -0.3 is 23.7 Å². The zero-order chi connectivity index (χ0) is 31.3. The first-order valence-corrected chi connectivity index (χ1v) is 18.6. The Labute approximate surface area is 263 Å². The molecule has 0 radical (unpaired) electrons. The number of hydrogen-bond acceptors (Lipinski definition) is 5. The van der Waals surface area contributed by atoms with E-state index < -0.39 is 5.97 Å². The Hall–Kier alpha value is -0.200. The monoisotopic (exact) mass is 601 g/mol. The summed E-state index contributed by atoms with van der Waals surface area (Å²) in [7, 11) is 0. The first kappa shape index (κ1) is 41.8. The van der Waals surface area contributed by atoms with Gasteiger partial charge in [-0.25, -0.2) is 0 Å². The number of unbranched alkanes of at least 4 members (excludes halogenated alkanes) is 11. The number of rotatable bonds is 33. The average Bonchev–Trinajstić information content (AvgIpc) is 2.99. The first-order valence-electron chi connectivity index (χ1n) is 18.6. The van der Waals surface area contributed by atoms with Crippen LogP contribution in [0.4, 0.5) is 0 Å². The third-order valence-electron chi connectivity index (χ3n) is 8.46. The molecule has 0 aromatic heterocycles. The molecular weight excluding hydrogens is 524 g/mol. The lowest BCUT2D eigenvalue weighted by Crippen LogP contribution is -2.40. The van der Waals surface area contributed by atoms with Crippen molar-refractivity contribution in [3.8, 4) is 0 Å². The third-order valence-corrected chi connectivity index (χ3v) is 8.46. The molecule has 0 fully saturated rings. The van der Waals surface area contributed by atoms with Crippen molar-refractivity contribution >= 4 is 0 Å². The molecule has 0 aromatic rings. The minimum Gasteiger partial charge on any atom is -0.349 e. The van der Waals surface area contributed by atoms with Crippen LogP contribution in [0.3, 0.4) is 0 Å². The molecule has 0 rings (SSSR count). The minimum absolute atomic E-state index is 0.110. The molecule has 3 atom stereocenters. The van der Waals surface area contributed by atoms with E-state index >= 15 is 0 Å². The molecule has 254 valence electrons. The summed E-state index contributed by atoms with van der Waals surface area (Å²) >= 11 is 0. The van der Waals surface area contributed by atoms with Crippen LogP contribution in [0.25, 0.3) is 0 Å². The van der Waals surface area contributed by atoms with E-state index in [1.54, 1.807) is 0 Å². The molecule has 0 bridgehead atoms. The highest BCUT2D eigenvalue weighted by Gasteiger charge is 2.33. The zero-order valence-electron chi connectivity index (χ0n) is 29.8. The molecule has 0 aliphatic carbocycles. The van der Waals surface area contributed by atoms with Crippen LogP contribution in [-0.2, 0) is 23.7 Å². The van der Waals surface area contributed by atoms with E-state index in [0.717, 1.165) is 77.0 Å². The Bertz CT molecular complexity index is 504. The van der Waals surface area contributed by atoms with Crippen molar-refractivity contribution in [2.75, 3.05) is 19.8 Å². The molecule has 5 nitrogen and oxygen atoms in total. The average molecular weight is 601 g/mol. The molecule has 0 aliphatic heterocycles. The van der Waals surface area contributed by atoms with Gasteiger partial charge in [0.15, 0.2) is 6.29 Å². The van der Waals surface area contributed by atoms with Crippen LogP contribution in [0.15, 0.2) is 0 Å². The van der Waals surface area contributed by atoms with Crippen LogP contribution in [0, 0.1) is 5.92 Å². The van der Waals surface area contributed by atoms with Gasteiger partial charge in [0.25, 0.3) is 5.97 Å². The van der Waals surface area contributed by atoms with Crippen LogP contribution in [0.2, 0.25) is 0 Å². The van der Waals surface area contributed by atoms with Crippen molar-refractivity contribution in [3.05, 3.63) is 0 Å². The molecule has 0 saturated heterocycles. The summed E-state index contributed by atoms with van der Waals surface area (Å²) in [5.74, 6) is -0.450. The van der Waals surface area contributed by atoms with Gasteiger partial charge >= 0.3 is 0 Å². The maximum Gasteiger partial charge on any atom is 0.282 e. The first-order chi connectivity index (χ1) is 20.4. The second kappa shape index (κ2) is 29.5. The van der Waals surface area contributed by atoms with Crippen molar-refractivity contribution < 1.29 is 23.7 Å². The molecule has 0 heterocycles. The molecule has 0 saturated carbocycles. The predicted octanol–water partition coefficient (Wildman–Crippen LogP) is 11.8. The standard InChI is InChI=1S/C37H76O5/c1-9-15-19-20-21-22-24-27-35(36(41-33(7)13-5)42-34(8)14-6)28-25-23-26-29-37(38-30-16-10-2,39-31-17-11-3)40-32-18-12-4/h33-36H,9-32H2,1-8H3. The fourth-order valence-electron chi connectivity index (χ4n) is 5.07. The zero-order valence-corrected chi connectivity index (χ0v) is 29.8. The van der Waals surface area contributed by atoms with E-state index in [1.165, 1.54) is 57.8 Å².